The molecule has 0 unspecified atom stereocenters. The zero-order valence-electron chi connectivity index (χ0n) is 23.9. The molecular weight excluding hydrogens is 575 g/mol. The van der Waals surface area contributed by atoms with Gasteiger partial charge in [0.2, 0.25) is 10.0 Å². The number of amides is 1. The fourth-order valence-electron chi connectivity index (χ4n) is 5.73. The van der Waals surface area contributed by atoms with Gasteiger partial charge in [-0.1, -0.05) is 0 Å². The van der Waals surface area contributed by atoms with E-state index in [4.69, 9.17) is 13.9 Å². The first-order chi connectivity index (χ1) is 20.6. The number of carbonyl (C=O) groups is 1. The van der Waals surface area contributed by atoms with Crippen molar-refractivity contribution >= 4 is 32.8 Å². The van der Waals surface area contributed by atoms with Crippen LogP contribution < -0.4 is 19.1 Å². The normalized spacial score (nSPS) is 18.8. The number of nitrogens with zero attached hydrogens (tertiary/aromatic N) is 1. The van der Waals surface area contributed by atoms with Crippen LogP contribution in [0.4, 0.5) is 14.9 Å². The van der Waals surface area contributed by atoms with Gasteiger partial charge >= 0.3 is 6.09 Å². The molecule has 1 amide bonds. The maximum Gasteiger partial charge on any atom is 0.412 e. The molecule has 2 fully saturated rings. The topological polar surface area (TPSA) is 118 Å². The molecule has 0 atom stereocenters. The molecule has 2 N–H and O–H groups in total. The molecule has 43 heavy (non-hydrogen) atoms. The highest BCUT2D eigenvalue weighted by atomic mass is 32.2. The Morgan fingerprint density at radius 3 is 2.19 bits per heavy atom. The molecule has 226 valence electrons. The Bertz CT molecular complexity index is 1740. The highest BCUT2D eigenvalue weighted by Gasteiger charge is 2.37. The number of nitrogens with one attached hydrogen (secondary N) is 1. The van der Waals surface area contributed by atoms with Crippen LogP contribution in [0.5, 0.6) is 17.2 Å². The van der Waals surface area contributed by atoms with Crippen molar-refractivity contribution in [3.8, 4) is 28.6 Å². The van der Waals surface area contributed by atoms with Crippen LogP contribution in [0.2, 0.25) is 0 Å². The van der Waals surface area contributed by atoms with Gasteiger partial charge in [-0.2, -0.15) is 0 Å². The minimum atomic E-state index is -3.66. The molecule has 1 heterocycles. The molecule has 0 saturated heterocycles. The summed E-state index contributed by atoms with van der Waals surface area (Å²) in [6, 6.07) is 16.0. The number of hydrogen-bond donors (Lipinski definition) is 2. The molecule has 0 radical (unpaired) electrons. The van der Waals surface area contributed by atoms with Crippen LogP contribution in [0.1, 0.15) is 50.0 Å². The summed E-state index contributed by atoms with van der Waals surface area (Å²) in [4.78, 5) is 12.4. The monoisotopic (exact) mass is 608 g/mol. The molecule has 4 aromatic rings. The summed E-state index contributed by atoms with van der Waals surface area (Å²) >= 11 is 0. The molecule has 2 aliphatic rings. The predicted octanol–water partition coefficient (Wildman–Crippen LogP) is 6.70. The summed E-state index contributed by atoms with van der Waals surface area (Å²) in [5, 5.41) is 13.1. The second-order valence-electron chi connectivity index (χ2n) is 11.2. The van der Waals surface area contributed by atoms with Gasteiger partial charge in [0.1, 0.15) is 22.9 Å². The quantitative estimate of drug-likeness (QED) is 0.229. The second-order valence-corrected chi connectivity index (χ2v) is 13.0. The van der Waals surface area contributed by atoms with E-state index in [0.717, 1.165) is 18.4 Å². The van der Waals surface area contributed by atoms with Crippen LogP contribution in [0.15, 0.2) is 65.1 Å². The van der Waals surface area contributed by atoms with Crippen LogP contribution in [-0.4, -0.2) is 45.1 Å². The van der Waals surface area contributed by atoms with Crippen LogP contribution >= 0.6 is 0 Å². The second kappa shape index (κ2) is 11.5. The van der Waals surface area contributed by atoms with Crippen LogP contribution in [0.25, 0.3) is 22.3 Å². The average molecular weight is 609 g/mol. The average Bonchev–Trinajstić information content (AvgIpc) is 3.77. The van der Waals surface area contributed by atoms with Crippen LogP contribution in [-0.2, 0) is 10.0 Å². The Hall–Kier alpha value is -4.09. The van der Waals surface area contributed by atoms with Gasteiger partial charge in [0.05, 0.1) is 23.4 Å². The van der Waals surface area contributed by atoms with Crippen molar-refractivity contribution < 1.29 is 36.6 Å². The van der Waals surface area contributed by atoms with Gasteiger partial charge in [0, 0.05) is 24.7 Å². The number of furan rings is 1. The molecule has 11 heteroatoms. The van der Waals surface area contributed by atoms with Gasteiger partial charge < -0.3 is 24.3 Å². The number of aliphatic hydroxyl groups is 1. The van der Waals surface area contributed by atoms with Gasteiger partial charge in [-0.25, -0.2) is 17.6 Å². The molecule has 3 aromatic carbocycles. The van der Waals surface area contributed by atoms with Crippen molar-refractivity contribution in [2.45, 2.75) is 56.6 Å². The minimum Gasteiger partial charge on any atom is -0.457 e. The van der Waals surface area contributed by atoms with Crippen molar-refractivity contribution in [1.29, 1.82) is 0 Å². The maximum atomic E-state index is 13.3. The summed E-state index contributed by atoms with van der Waals surface area (Å²) in [5.74, 6) is 1.33. The van der Waals surface area contributed by atoms with Crippen LogP contribution in [0, 0.1) is 5.82 Å². The molecular formula is C32H33FN2O7S. The summed E-state index contributed by atoms with van der Waals surface area (Å²) in [6.07, 6.45) is 4.14. The third-order valence-corrected chi connectivity index (χ3v) is 9.18. The number of benzene rings is 3. The first-order valence-electron chi connectivity index (χ1n) is 14.3. The van der Waals surface area contributed by atoms with E-state index in [-0.39, 0.29) is 23.5 Å². The zero-order chi connectivity index (χ0) is 30.3. The Labute approximate surface area is 249 Å². The largest absolute Gasteiger partial charge is 0.457 e. The van der Waals surface area contributed by atoms with Crippen molar-refractivity contribution in [2.75, 3.05) is 17.6 Å². The Kier molecular flexibility index (Phi) is 7.78. The zero-order valence-corrected chi connectivity index (χ0v) is 24.7. The summed E-state index contributed by atoms with van der Waals surface area (Å²) in [6.45, 7) is 0. The van der Waals surface area contributed by atoms with E-state index in [1.807, 2.05) is 6.07 Å². The summed E-state index contributed by atoms with van der Waals surface area (Å²) in [7, 11) is -2.20. The lowest BCUT2D eigenvalue weighted by molar-refractivity contribution is 0.124. The number of anilines is 1. The van der Waals surface area contributed by atoms with Gasteiger partial charge in [-0.05, 0) is 105 Å². The number of ether oxygens (including phenoxy) is 2. The van der Waals surface area contributed by atoms with Crippen molar-refractivity contribution in [3.05, 3.63) is 72.0 Å². The Morgan fingerprint density at radius 2 is 1.60 bits per heavy atom. The number of rotatable bonds is 8. The van der Waals surface area contributed by atoms with E-state index < -0.39 is 22.2 Å². The highest BCUT2D eigenvalue weighted by molar-refractivity contribution is 7.92. The molecule has 2 saturated carbocycles. The summed E-state index contributed by atoms with van der Waals surface area (Å²) in [5.41, 5.74) is 2.41. The van der Waals surface area contributed by atoms with E-state index in [1.54, 1.807) is 30.3 Å². The molecule has 9 nitrogen and oxygen atoms in total. The number of halogens is 1. The van der Waals surface area contributed by atoms with Crippen LogP contribution in [0.3, 0.4) is 0 Å². The molecule has 6 rings (SSSR count). The van der Waals surface area contributed by atoms with E-state index >= 15 is 0 Å². The van der Waals surface area contributed by atoms with Crippen molar-refractivity contribution in [2.24, 2.45) is 0 Å². The molecule has 1 aromatic heterocycles. The molecule has 2 aliphatic carbocycles. The van der Waals surface area contributed by atoms with E-state index in [9.17, 15) is 22.7 Å². The van der Waals surface area contributed by atoms with Gasteiger partial charge in [0.25, 0.3) is 0 Å². The molecule has 0 spiro atoms. The predicted molar refractivity (Wildman–Crippen MR) is 161 cm³/mol. The van der Waals surface area contributed by atoms with Gasteiger partial charge in [-0.15, -0.1) is 0 Å². The third-order valence-electron chi connectivity index (χ3n) is 7.97. The highest BCUT2D eigenvalue weighted by Crippen LogP contribution is 2.50. The standard InChI is InChI=1S/C32H33FN2O7S/c1-34-32(37)42-31-27-17-26(19-3-4-19)28(35(43(2,38)39)22-9-11-23(36)12-10-22)18-29(27)41-30(31)20-5-13-24(14-6-20)40-25-15-7-21(33)8-16-25/h5-8,13-19,22-23,36H,3-4,9-12H2,1-2H3,(H,34,37). The molecule has 0 aliphatic heterocycles. The van der Waals surface area contributed by atoms with E-state index in [2.05, 4.69) is 5.32 Å². The van der Waals surface area contributed by atoms with Crippen molar-refractivity contribution in [3.63, 3.8) is 0 Å². The number of carbonyl (C=O) groups excluding carboxylic acids is 1. The molecule has 0 bridgehead atoms. The SMILES string of the molecule is CNC(=O)Oc1c(-c2ccc(Oc3ccc(F)cc3)cc2)oc2cc(N(C3CCC(O)CC3)S(C)(=O)=O)c(C3CC3)cc12. The lowest BCUT2D eigenvalue weighted by Gasteiger charge is -2.36. The third kappa shape index (κ3) is 6.18. The number of aliphatic hydroxyl groups excluding tert-OH is 1. The lowest BCUT2D eigenvalue weighted by atomic mass is 9.92. The van der Waals surface area contributed by atoms with Gasteiger partial charge in [0.15, 0.2) is 11.5 Å². The smallest absolute Gasteiger partial charge is 0.412 e. The number of fused-ring (bicyclic) bond motifs is 1. The lowest BCUT2D eigenvalue weighted by Crippen LogP contribution is -2.43. The van der Waals surface area contributed by atoms with E-state index in [1.165, 1.54) is 41.9 Å². The van der Waals surface area contributed by atoms with E-state index in [0.29, 0.717) is 65.2 Å². The maximum absolute atomic E-state index is 13.3. The fourth-order valence-corrected chi connectivity index (χ4v) is 6.99. The van der Waals surface area contributed by atoms with Gasteiger partial charge in [-0.3, -0.25) is 4.31 Å². The Morgan fingerprint density at radius 1 is 0.977 bits per heavy atom. The Balaban J connectivity index is 1.44. The first kappa shape index (κ1) is 29.0. The minimum absolute atomic E-state index is 0.173. The number of hydrogen-bond acceptors (Lipinski definition) is 7. The van der Waals surface area contributed by atoms with Crippen molar-refractivity contribution in [1.82, 2.24) is 5.32 Å². The number of sulfonamides is 1. The summed E-state index contributed by atoms with van der Waals surface area (Å²) < 4.78 is 59.1. The first-order valence-corrected chi connectivity index (χ1v) is 16.2. The fraction of sp³-hybridized carbons (Fsp3) is 0.344.